The molecule has 1 aliphatic rings. The summed E-state index contributed by atoms with van der Waals surface area (Å²) in [6, 6.07) is 6.56. The minimum absolute atomic E-state index is 0.166. The molecule has 0 saturated carbocycles. The highest BCUT2D eigenvalue weighted by Crippen LogP contribution is 2.23. The first-order valence-corrected chi connectivity index (χ1v) is 6.69. The van der Waals surface area contributed by atoms with Crippen LogP contribution in [-0.2, 0) is 11.2 Å². The van der Waals surface area contributed by atoms with Gasteiger partial charge in [0.25, 0.3) is 0 Å². The number of hydrogen-bond acceptors (Lipinski definition) is 3. The maximum atomic E-state index is 12.1. The molecule has 1 saturated heterocycles. The van der Waals surface area contributed by atoms with Crippen LogP contribution < -0.4 is 10.1 Å². The molecule has 1 aliphatic heterocycles. The summed E-state index contributed by atoms with van der Waals surface area (Å²) in [6.07, 6.45) is -2.00. The summed E-state index contributed by atoms with van der Waals surface area (Å²) in [7, 11) is 0. The van der Waals surface area contributed by atoms with E-state index in [4.69, 9.17) is 4.74 Å². The predicted molar refractivity (Wildman–Crippen MR) is 68.7 cm³/mol. The third kappa shape index (κ3) is 5.38. The van der Waals surface area contributed by atoms with E-state index in [1.807, 2.05) is 0 Å². The van der Waals surface area contributed by atoms with Gasteiger partial charge < -0.3 is 14.8 Å². The zero-order valence-electron chi connectivity index (χ0n) is 11.1. The first kappa shape index (κ1) is 15.1. The lowest BCUT2D eigenvalue weighted by molar-refractivity contribution is -0.274. The SMILES string of the molecule is FC(F)(F)Oc1cccc(CCNC2CCOCC2)c1. The predicted octanol–water partition coefficient (Wildman–Crippen LogP) is 2.90. The van der Waals surface area contributed by atoms with Crippen molar-refractivity contribution in [2.24, 2.45) is 0 Å². The number of hydrogen-bond donors (Lipinski definition) is 1. The van der Waals surface area contributed by atoms with Gasteiger partial charge >= 0.3 is 6.36 Å². The highest BCUT2D eigenvalue weighted by atomic mass is 19.4. The fourth-order valence-corrected chi connectivity index (χ4v) is 2.22. The van der Waals surface area contributed by atoms with Crippen LogP contribution in [0.2, 0.25) is 0 Å². The molecule has 0 aromatic heterocycles. The van der Waals surface area contributed by atoms with Crippen LogP contribution in [0.5, 0.6) is 5.75 Å². The van der Waals surface area contributed by atoms with Gasteiger partial charge in [-0.15, -0.1) is 13.2 Å². The third-order valence-electron chi connectivity index (χ3n) is 3.20. The first-order chi connectivity index (χ1) is 9.53. The normalized spacial score (nSPS) is 17.1. The second kappa shape index (κ2) is 6.95. The van der Waals surface area contributed by atoms with E-state index in [1.165, 1.54) is 12.1 Å². The van der Waals surface area contributed by atoms with Crippen LogP contribution in [0, 0.1) is 0 Å². The molecule has 1 N–H and O–H groups in total. The van der Waals surface area contributed by atoms with E-state index < -0.39 is 6.36 Å². The quantitative estimate of drug-likeness (QED) is 0.904. The van der Waals surface area contributed by atoms with Gasteiger partial charge in [-0.25, -0.2) is 0 Å². The molecule has 0 unspecified atom stereocenters. The maximum absolute atomic E-state index is 12.1. The standard InChI is InChI=1S/C14H18F3NO2/c15-14(16,17)20-13-3-1-2-11(10-13)4-7-18-12-5-8-19-9-6-12/h1-3,10,12,18H,4-9H2. The van der Waals surface area contributed by atoms with Gasteiger partial charge in [0.1, 0.15) is 5.75 Å². The summed E-state index contributed by atoms with van der Waals surface area (Å²) in [5, 5.41) is 3.39. The highest BCUT2D eigenvalue weighted by Gasteiger charge is 2.31. The Kier molecular flexibility index (Phi) is 5.25. The van der Waals surface area contributed by atoms with E-state index in [0.717, 1.165) is 38.2 Å². The lowest BCUT2D eigenvalue weighted by Crippen LogP contribution is -2.35. The molecule has 0 amide bonds. The summed E-state index contributed by atoms with van der Waals surface area (Å²) in [5.41, 5.74) is 0.825. The lowest BCUT2D eigenvalue weighted by Gasteiger charge is -2.23. The van der Waals surface area contributed by atoms with E-state index in [2.05, 4.69) is 10.1 Å². The Balaban J connectivity index is 1.79. The topological polar surface area (TPSA) is 30.5 Å². The molecule has 0 radical (unpaired) electrons. The summed E-state index contributed by atoms with van der Waals surface area (Å²) in [4.78, 5) is 0. The van der Waals surface area contributed by atoms with Gasteiger partial charge in [-0.2, -0.15) is 0 Å². The summed E-state index contributed by atoms with van der Waals surface area (Å²) >= 11 is 0. The average Bonchev–Trinajstić information content (AvgIpc) is 2.38. The van der Waals surface area contributed by atoms with E-state index in [1.54, 1.807) is 12.1 Å². The Labute approximate surface area is 116 Å². The van der Waals surface area contributed by atoms with E-state index in [0.29, 0.717) is 12.5 Å². The molecule has 1 aromatic rings. The Hall–Kier alpha value is -1.27. The average molecular weight is 289 g/mol. The number of nitrogens with one attached hydrogen (secondary N) is 1. The largest absolute Gasteiger partial charge is 0.573 e. The van der Waals surface area contributed by atoms with Crippen molar-refractivity contribution in [3.05, 3.63) is 29.8 Å². The fourth-order valence-electron chi connectivity index (χ4n) is 2.22. The van der Waals surface area contributed by atoms with Gasteiger partial charge in [0.05, 0.1) is 0 Å². The van der Waals surface area contributed by atoms with Gasteiger partial charge in [0.15, 0.2) is 0 Å². The number of benzene rings is 1. The second-order valence-corrected chi connectivity index (χ2v) is 4.79. The third-order valence-corrected chi connectivity index (χ3v) is 3.20. The molecule has 20 heavy (non-hydrogen) atoms. The van der Waals surface area contributed by atoms with E-state index >= 15 is 0 Å². The molecule has 1 fully saturated rings. The van der Waals surface area contributed by atoms with Gasteiger partial charge in [-0.1, -0.05) is 12.1 Å². The number of halogens is 3. The molecule has 3 nitrogen and oxygen atoms in total. The van der Waals surface area contributed by atoms with Crippen molar-refractivity contribution in [1.82, 2.24) is 5.32 Å². The van der Waals surface area contributed by atoms with Crippen LogP contribution >= 0.6 is 0 Å². The molecule has 0 atom stereocenters. The zero-order chi connectivity index (χ0) is 14.4. The Morgan fingerprint density at radius 2 is 2.00 bits per heavy atom. The molecule has 0 aliphatic carbocycles. The van der Waals surface area contributed by atoms with Crippen LogP contribution in [0.15, 0.2) is 24.3 Å². The second-order valence-electron chi connectivity index (χ2n) is 4.79. The van der Waals surface area contributed by atoms with Crippen molar-refractivity contribution in [2.45, 2.75) is 31.7 Å². The summed E-state index contributed by atoms with van der Waals surface area (Å²) in [6.45, 7) is 2.28. The number of alkyl halides is 3. The van der Waals surface area contributed by atoms with Crippen molar-refractivity contribution in [2.75, 3.05) is 19.8 Å². The summed E-state index contributed by atoms with van der Waals surface area (Å²) in [5.74, 6) is -0.166. The van der Waals surface area contributed by atoms with Gasteiger partial charge in [-0.3, -0.25) is 0 Å². The van der Waals surface area contributed by atoms with Crippen molar-refractivity contribution < 1.29 is 22.6 Å². The zero-order valence-corrected chi connectivity index (χ0v) is 11.1. The molecule has 1 heterocycles. The molecule has 0 spiro atoms. The monoisotopic (exact) mass is 289 g/mol. The Bertz CT molecular complexity index is 417. The van der Waals surface area contributed by atoms with E-state index in [9.17, 15) is 13.2 Å². The smallest absolute Gasteiger partial charge is 0.406 e. The first-order valence-electron chi connectivity index (χ1n) is 6.69. The highest BCUT2D eigenvalue weighted by molar-refractivity contribution is 5.28. The van der Waals surface area contributed by atoms with Crippen LogP contribution in [0.25, 0.3) is 0 Å². The fraction of sp³-hybridized carbons (Fsp3) is 0.571. The number of rotatable bonds is 5. The van der Waals surface area contributed by atoms with Crippen molar-refractivity contribution in [1.29, 1.82) is 0 Å². The minimum atomic E-state index is -4.64. The Morgan fingerprint density at radius 3 is 2.70 bits per heavy atom. The van der Waals surface area contributed by atoms with Crippen LogP contribution in [0.1, 0.15) is 18.4 Å². The van der Waals surface area contributed by atoms with E-state index in [-0.39, 0.29) is 5.75 Å². The Morgan fingerprint density at radius 1 is 1.25 bits per heavy atom. The molecule has 6 heteroatoms. The molecule has 0 bridgehead atoms. The van der Waals surface area contributed by atoms with Crippen molar-refractivity contribution in [3.8, 4) is 5.75 Å². The van der Waals surface area contributed by atoms with Crippen LogP contribution in [0.3, 0.4) is 0 Å². The lowest BCUT2D eigenvalue weighted by atomic mass is 10.1. The van der Waals surface area contributed by atoms with Gasteiger partial charge in [0, 0.05) is 19.3 Å². The van der Waals surface area contributed by atoms with Crippen LogP contribution in [0.4, 0.5) is 13.2 Å². The number of ether oxygens (including phenoxy) is 2. The summed E-state index contributed by atoms with van der Waals surface area (Å²) < 4.78 is 45.5. The molecule has 112 valence electrons. The maximum Gasteiger partial charge on any atom is 0.573 e. The van der Waals surface area contributed by atoms with Crippen molar-refractivity contribution >= 4 is 0 Å². The van der Waals surface area contributed by atoms with Gasteiger partial charge in [-0.05, 0) is 43.5 Å². The molecule has 1 aromatic carbocycles. The molecule has 2 rings (SSSR count). The minimum Gasteiger partial charge on any atom is -0.406 e. The van der Waals surface area contributed by atoms with Crippen LogP contribution in [-0.4, -0.2) is 32.2 Å². The molecular weight excluding hydrogens is 271 g/mol. The van der Waals surface area contributed by atoms with Crippen molar-refractivity contribution in [3.63, 3.8) is 0 Å². The molecular formula is C14H18F3NO2. The van der Waals surface area contributed by atoms with Gasteiger partial charge in [0.2, 0.25) is 0 Å².